The maximum atomic E-state index is 13.7. The Kier molecular flexibility index (Phi) is 8.50. The molecule has 0 radical (unpaired) electrons. The molecule has 1 unspecified atom stereocenters. The van der Waals surface area contributed by atoms with Gasteiger partial charge in [0.1, 0.15) is 11.0 Å². The van der Waals surface area contributed by atoms with Gasteiger partial charge in [0.25, 0.3) is 0 Å². The van der Waals surface area contributed by atoms with Gasteiger partial charge < -0.3 is 11.1 Å². The molecule has 0 bridgehead atoms. The molecule has 26 heavy (non-hydrogen) atoms. The molecule has 3 rings (SSSR count). The molecule has 1 atom stereocenters. The number of anilines is 1. The van der Waals surface area contributed by atoms with Crippen molar-refractivity contribution in [1.29, 1.82) is 0 Å². The molecule has 4 nitrogen and oxygen atoms in total. The molecule has 3 aromatic heterocycles. The van der Waals surface area contributed by atoms with Crippen LogP contribution in [0.3, 0.4) is 0 Å². The van der Waals surface area contributed by atoms with Gasteiger partial charge in [-0.1, -0.05) is 11.6 Å². The number of aryl methyl sites for hydroxylation is 1. The van der Waals surface area contributed by atoms with Crippen molar-refractivity contribution >= 4 is 63.7 Å². The van der Waals surface area contributed by atoms with Crippen LogP contribution in [0.1, 0.15) is 22.9 Å². The third kappa shape index (κ3) is 4.96. The van der Waals surface area contributed by atoms with Crippen LogP contribution in [0.25, 0.3) is 10.2 Å². The summed E-state index contributed by atoms with van der Waals surface area (Å²) in [5, 5.41) is 3.68. The first kappa shape index (κ1) is 22.9. The third-order valence-corrected chi connectivity index (χ3v) is 5.30. The van der Waals surface area contributed by atoms with E-state index in [4.69, 9.17) is 17.3 Å². The zero-order valence-electron chi connectivity index (χ0n) is 14.3. The van der Waals surface area contributed by atoms with E-state index in [-0.39, 0.29) is 36.7 Å². The summed E-state index contributed by atoms with van der Waals surface area (Å²) in [6, 6.07) is 3.51. The molecule has 0 saturated heterocycles. The van der Waals surface area contributed by atoms with Crippen molar-refractivity contribution in [3.63, 3.8) is 0 Å². The van der Waals surface area contributed by atoms with Crippen LogP contribution in [0.5, 0.6) is 0 Å². The van der Waals surface area contributed by atoms with Gasteiger partial charge in [-0.05, 0) is 31.9 Å². The predicted molar refractivity (Wildman–Crippen MR) is 113 cm³/mol. The first-order chi connectivity index (χ1) is 11.5. The van der Waals surface area contributed by atoms with E-state index in [1.165, 1.54) is 11.1 Å². The summed E-state index contributed by atoms with van der Waals surface area (Å²) in [6.45, 7) is 4.37. The van der Waals surface area contributed by atoms with Crippen LogP contribution < -0.4 is 11.1 Å². The van der Waals surface area contributed by atoms with Crippen molar-refractivity contribution in [2.45, 2.75) is 32.9 Å². The summed E-state index contributed by atoms with van der Waals surface area (Å²) in [4.78, 5) is 9.41. The number of nitrogens with zero attached hydrogens (tertiary/aromatic N) is 2. The summed E-state index contributed by atoms with van der Waals surface area (Å²) < 4.78 is 14.8. The first-order valence-corrected chi connectivity index (χ1v) is 8.81. The van der Waals surface area contributed by atoms with Crippen molar-refractivity contribution in [1.82, 2.24) is 9.97 Å². The number of rotatable bonds is 5. The maximum absolute atomic E-state index is 13.7. The first-order valence-electron chi connectivity index (χ1n) is 7.62. The number of pyridine rings is 2. The number of nitrogens with two attached hydrogens (primary N) is 1. The topological polar surface area (TPSA) is 63.8 Å². The molecule has 0 aromatic carbocycles. The van der Waals surface area contributed by atoms with E-state index in [9.17, 15) is 4.39 Å². The van der Waals surface area contributed by atoms with Crippen molar-refractivity contribution < 1.29 is 4.39 Å². The Morgan fingerprint density at radius 2 is 2.12 bits per heavy atom. The predicted octanol–water partition coefficient (Wildman–Crippen LogP) is 5.14. The molecule has 3 N–H and O–H groups in total. The molecule has 9 heteroatoms. The molecule has 0 aliphatic rings. The molecule has 0 aliphatic heterocycles. The Bertz CT molecular complexity index is 886. The van der Waals surface area contributed by atoms with Crippen LogP contribution in [0, 0.1) is 12.7 Å². The van der Waals surface area contributed by atoms with Gasteiger partial charge in [-0.25, -0.2) is 9.37 Å². The number of hydrogen-bond acceptors (Lipinski definition) is 5. The minimum absolute atomic E-state index is 0. The average Bonchev–Trinajstić information content (AvgIpc) is 2.82. The van der Waals surface area contributed by atoms with Crippen LogP contribution in [-0.2, 0) is 13.0 Å². The molecular weight excluding hydrogens is 418 g/mol. The SMILES string of the molecule is Cc1c(CC(C)N)sc2c(NCc3ccncc3F)cc(Cl)nc12.Cl.Cl. The van der Waals surface area contributed by atoms with Crippen LogP contribution in [0.15, 0.2) is 24.5 Å². The maximum Gasteiger partial charge on any atom is 0.146 e. The van der Waals surface area contributed by atoms with Crippen LogP contribution >= 0.6 is 47.8 Å². The highest BCUT2D eigenvalue weighted by atomic mass is 35.5. The van der Waals surface area contributed by atoms with Crippen LogP contribution in [-0.4, -0.2) is 16.0 Å². The van der Waals surface area contributed by atoms with Gasteiger partial charge in [0.05, 0.1) is 22.1 Å². The molecule has 142 valence electrons. The summed E-state index contributed by atoms with van der Waals surface area (Å²) in [5.41, 5.74) is 9.31. The molecule has 0 aliphatic carbocycles. The number of fused-ring (bicyclic) bond motifs is 1. The fourth-order valence-corrected chi connectivity index (χ4v) is 4.12. The van der Waals surface area contributed by atoms with E-state index in [0.717, 1.165) is 27.9 Å². The van der Waals surface area contributed by atoms with Gasteiger partial charge in [-0.2, -0.15) is 0 Å². The van der Waals surface area contributed by atoms with Crippen molar-refractivity contribution in [3.05, 3.63) is 51.5 Å². The number of halogens is 4. The van der Waals surface area contributed by atoms with E-state index in [1.54, 1.807) is 29.7 Å². The van der Waals surface area contributed by atoms with Gasteiger partial charge in [-0.3, -0.25) is 4.98 Å². The Hall–Kier alpha value is -1.18. The lowest BCUT2D eigenvalue weighted by Gasteiger charge is -2.08. The van der Waals surface area contributed by atoms with Crippen LogP contribution in [0.2, 0.25) is 5.15 Å². The van der Waals surface area contributed by atoms with E-state index in [0.29, 0.717) is 17.3 Å². The summed E-state index contributed by atoms with van der Waals surface area (Å²) in [6.07, 6.45) is 3.58. The van der Waals surface area contributed by atoms with Gasteiger partial charge in [0, 0.05) is 35.3 Å². The Morgan fingerprint density at radius 1 is 1.38 bits per heavy atom. The standard InChI is InChI=1S/C17H18ClFN4S.2ClH/c1-9(20)5-14-10(2)16-17(24-14)13(6-15(18)23-16)22-7-11-3-4-21-8-12(11)19;;/h3-4,6,8-9H,5,7,20H2,1-2H3,(H,22,23);2*1H. The van der Waals surface area contributed by atoms with Crippen molar-refractivity contribution in [2.75, 3.05) is 5.32 Å². The highest BCUT2D eigenvalue weighted by Gasteiger charge is 2.15. The fraction of sp³-hybridized carbons (Fsp3) is 0.294. The van der Waals surface area contributed by atoms with Crippen molar-refractivity contribution in [2.24, 2.45) is 5.73 Å². The minimum Gasteiger partial charge on any atom is -0.380 e. The molecule has 0 fully saturated rings. The quantitative estimate of drug-likeness (QED) is 0.543. The number of hydrogen-bond donors (Lipinski definition) is 2. The van der Waals surface area contributed by atoms with Gasteiger partial charge >= 0.3 is 0 Å². The second-order valence-corrected chi connectivity index (χ2v) is 7.31. The van der Waals surface area contributed by atoms with Gasteiger partial charge in [0.15, 0.2) is 0 Å². The second-order valence-electron chi connectivity index (χ2n) is 5.82. The summed E-state index contributed by atoms with van der Waals surface area (Å²) in [7, 11) is 0. The second kappa shape index (κ2) is 9.67. The zero-order valence-corrected chi connectivity index (χ0v) is 17.5. The smallest absolute Gasteiger partial charge is 0.146 e. The van der Waals surface area contributed by atoms with E-state index in [2.05, 4.69) is 15.3 Å². The number of thiophene rings is 1. The Labute approximate surface area is 173 Å². The summed E-state index contributed by atoms with van der Waals surface area (Å²) in [5.74, 6) is -0.332. The molecular formula is C17H20Cl3FN4S. The van der Waals surface area contributed by atoms with Crippen LogP contribution in [0.4, 0.5) is 10.1 Å². The normalized spacial score (nSPS) is 11.6. The lowest BCUT2D eigenvalue weighted by atomic mass is 10.1. The molecule has 3 aromatic rings. The number of nitrogens with one attached hydrogen (secondary N) is 1. The Balaban J connectivity index is 0.00000169. The number of aromatic nitrogens is 2. The lowest BCUT2D eigenvalue weighted by Crippen LogP contribution is -2.17. The molecule has 0 saturated carbocycles. The highest BCUT2D eigenvalue weighted by Crippen LogP contribution is 2.37. The van der Waals surface area contributed by atoms with E-state index in [1.807, 2.05) is 13.8 Å². The molecule has 0 amide bonds. The van der Waals surface area contributed by atoms with Gasteiger partial charge in [0.2, 0.25) is 0 Å². The summed E-state index contributed by atoms with van der Waals surface area (Å²) >= 11 is 7.83. The minimum atomic E-state index is -0.332. The third-order valence-electron chi connectivity index (χ3n) is 3.77. The van der Waals surface area contributed by atoms with E-state index >= 15 is 0 Å². The zero-order chi connectivity index (χ0) is 17.3. The van der Waals surface area contributed by atoms with Crippen molar-refractivity contribution in [3.8, 4) is 0 Å². The average molecular weight is 438 g/mol. The Morgan fingerprint density at radius 3 is 2.77 bits per heavy atom. The largest absolute Gasteiger partial charge is 0.380 e. The molecule has 3 heterocycles. The van der Waals surface area contributed by atoms with E-state index < -0.39 is 0 Å². The highest BCUT2D eigenvalue weighted by molar-refractivity contribution is 7.19. The fourth-order valence-electron chi connectivity index (χ4n) is 2.55. The lowest BCUT2D eigenvalue weighted by molar-refractivity contribution is 0.606. The monoisotopic (exact) mass is 436 g/mol. The van der Waals surface area contributed by atoms with Gasteiger partial charge in [-0.15, -0.1) is 36.2 Å². The molecule has 0 spiro atoms.